The van der Waals surface area contributed by atoms with Crippen molar-refractivity contribution in [2.45, 2.75) is 32.9 Å². The van der Waals surface area contributed by atoms with Crippen LogP contribution in [0.3, 0.4) is 0 Å². The van der Waals surface area contributed by atoms with Crippen LogP contribution in [-0.2, 0) is 6.54 Å². The zero-order valence-electron chi connectivity index (χ0n) is 10.3. The molecule has 0 aliphatic carbocycles. The second-order valence-electron chi connectivity index (χ2n) is 4.15. The lowest BCUT2D eigenvalue weighted by Crippen LogP contribution is -2.18. The maximum Gasteiger partial charge on any atom is 0.154 e. The molecule has 0 saturated carbocycles. The zero-order chi connectivity index (χ0) is 12.3. The highest BCUT2D eigenvalue weighted by Gasteiger charge is 2.17. The number of rotatable bonds is 4. The zero-order valence-corrected chi connectivity index (χ0v) is 10.3. The quantitative estimate of drug-likeness (QED) is 0.874. The first kappa shape index (κ1) is 11.8. The molecule has 0 bridgehead atoms. The second kappa shape index (κ2) is 5.10. The summed E-state index contributed by atoms with van der Waals surface area (Å²) in [6.07, 6.45) is 1.05. The molecular formula is C13H18N4. The summed E-state index contributed by atoms with van der Waals surface area (Å²) in [7, 11) is 0. The van der Waals surface area contributed by atoms with Gasteiger partial charge in [0.15, 0.2) is 5.82 Å². The fraction of sp³-hybridized carbons (Fsp3) is 0.385. The number of hydrogen-bond donors (Lipinski definition) is 1. The average molecular weight is 230 g/mol. The van der Waals surface area contributed by atoms with Crippen LogP contribution in [0.2, 0.25) is 0 Å². The van der Waals surface area contributed by atoms with E-state index in [1.165, 1.54) is 0 Å². The predicted molar refractivity (Wildman–Crippen MR) is 67.5 cm³/mol. The molecule has 2 rings (SSSR count). The highest BCUT2D eigenvalue weighted by Crippen LogP contribution is 2.18. The number of nitrogens with zero attached hydrogens (tertiary/aromatic N) is 3. The molecule has 1 aromatic heterocycles. The molecule has 2 aromatic rings. The predicted octanol–water partition coefficient (Wildman–Crippen LogP) is 2.04. The van der Waals surface area contributed by atoms with E-state index >= 15 is 0 Å². The Balaban J connectivity index is 2.34. The topological polar surface area (TPSA) is 56.7 Å². The maximum atomic E-state index is 6.24. The summed E-state index contributed by atoms with van der Waals surface area (Å²) in [5.41, 5.74) is 7.30. The van der Waals surface area contributed by atoms with Gasteiger partial charge in [-0.05, 0) is 18.9 Å². The van der Waals surface area contributed by atoms with Gasteiger partial charge in [-0.25, -0.2) is 0 Å². The molecule has 17 heavy (non-hydrogen) atoms. The highest BCUT2D eigenvalue weighted by molar-refractivity contribution is 5.24. The van der Waals surface area contributed by atoms with Crippen LogP contribution >= 0.6 is 0 Å². The highest BCUT2D eigenvalue weighted by atomic mass is 15.3. The van der Waals surface area contributed by atoms with Crippen LogP contribution in [0.1, 0.15) is 36.6 Å². The molecule has 0 radical (unpaired) electrons. The molecule has 1 atom stereocenters. The summed E-state index contributed by atoms with van der Waals surface area (Å²) < 4.78 is 2.09. The molecule has 1 aromatic carbocycles. The summed E-state index contributed by atoms with van der Waals surface area (Å²) >= 11 is 0. The van der Waals surface area contributed by atoms with Gasteiger partial charge in [0, 0.05) is 6.54 Å². The molecule has 0 saturated heterocycles. The van der Waals surface area contributed by atoms with Gasteiger partial charge in [-0.15, -0.1) is 10.2 Å². The molecular weight excluding hydrogens is 212 g/mol. The summed E-state index contributed by atoms with van der Waals surface area (Å²) in [5, 5.41) is 8.31. The first-order valence-corrected chi connectivity index (χ1v) is 5.94. The van der Waals surface area contributed by atoms with Crippen molar-refractivity contribution in [3.8, 4) is 0 Å². The fourth-order valence-corrected chi connectivity index (χ4v) is 1.94. The monoisotopic (exact) mass is 230 g/mol. The van der Waals surface area contributed by atoms with E-state index in [9.17, 15) is 0 Å². The lowest BCUT2D eigenvalue weighted by atomic mass is 10.1. The Hall–Kier alpha value is -1.68. The Kier molecular flexibility index (Phi) is 3.54. The van der Waals surface area contributed by atoms with Crippen molar-refractivity contribution in [1.29, 1.82) is 0 Å². The average Bonchev–Trinajstić information content (AvgIpc) is 2.72. The summed E-state index contributed by atoms with van der Waals surface area (Å²) in [5.74, 6) is 1.77. The molecule has 0 spiro atoms. The molecule has 4 nitrogen and oxygen atoms in total. The van der Waals surface area contributed by atoms with E-state index in [-0.39, 0.29) is 6.04 Å². The van der Waals surface area contributed by atoms with Crippen LogP contribution < -0.4 is 5.73 Å². The Morgan fingerprint density at radius 1 is 1.24 bits per heavy atom. The van der Waals surface area contributed by atoms with Crippen LogP contribution in [0.4, 0.5) is 0 Å². The Morgan fingerprint density at radius 2 is 1.94 bits per heavy atom. The van der Waals surface area contributed by atoms with Crippen LogP contribution in [0.15, 0.2) is 30.3 Å². The SMILES string of the molecule is CCCn1c(C)nnc1[C@H](N)c1ccccc1. The van der Waals surface area contributed by atoms with Crippen molar-refractivity contribution in [3.63, 3.8) is 0 Å². The van der Waals surface area contributed by atoms with Gasteiger partial charge >= 0.3 is 0 Å². The molecule has 0 unspecified atom stereocenters. The van der Waals surface area contributed by atoms with Gasteiger partial charge in [0.1, 0.15) is 5.82 Å². The lowest BCUT2D eigenvalue weighted by molar-refractivity contribution is 0.600. The van der Waals surface area contributed by atoms with Crippen molar-refractivity contribution in [2.24, 2.45) is 5.73 Å². The van der Waals surface area contributed by atoms with Crippen LogP contribution in [0, 0.1) is 6.92 Å². The number of benzene rings is 1. The van der Waals surface area contributed by atoms with E-state index in [1.807, 2.05) is 37.3 Å². The number of nitrogens with two attached hydrogens (primary N) is 1. The van der Waals surface area contributed by atoms with E-state index in [2.05, 4.69) is 21.7 Å². The molecule has 2 N–H and O–H groups in total. The third kappa shape index (κ3) is 2.36. The largest absolute Gasteiger partial charge is 0.318 e. The van der Waals surface area contributed by atoms with E-state index in [0.29, 0.717) is 0 Å². The first-order valence-electron chi connectivity index (χ1n) is 5.94. The van der Waals surface area contributed by atoms with E-state index < -0.39 is 0 Å². The maximum absolute atomic E-state index is 6.24. The van der Waals surface area contributed by atoms with E-state index in [1.54, 1.807) is 0 Å². The minimum atomic E-state index is -0.205. The third-order valence-electron chi connectivity index (χ3n) is 2.85. The van der Waals surface area contributed by atoms with E-state index in [4.69, 9.17) is 5.73 Å². The molecule has 0 fully saturated rings. The van der Waals surface area contributed by atoms with Gasteiger partial charge in [-0.2, -0.15) is 0 Å². The Morgan fingerprint density at radius 3 is 2.59 bits per heavy atom. The van der Waals surface area contributed by atoms with Gasteiger partial charge in [0.2, 0.25) is 0 Å². The van der Waals surface area contributed by atoms with Gasteiger partial charge in [0.25, 0.3) is 0 Å². The Labute approximate surface area is 101 Å². The molecule has 4 heteroatoms. The summed E-state index contributed by atoms with van der Waals surface area (Å²) in [6.45, 7) is 5.01. The van der Waals surface area contributed by atoms with Crippen molar-refractivity contribution in [1.82, 2.24) is 14.8 Å². The summed E-state index contributed by atoms with van der Waals surface area (Å²) in [6, 6.07) is 9.79. The second-order valence-corrected chi connectivity index (χ2v) is 4.15. The van der Waals surface area contributed by atoms with E-state index in [0.717, 1.165) is 30.2 Å². The van der Waals surface area contributed by atoms with Crippen LogP contribution in [0.25, 0.3) is 0 Å². The van der Waals surface area contributed by atoms with Crippen LogP contribution in [0.5, 0.6) is 0 Å². The molecule has 0 aliphatic rings. The van der Waals surface area contributed by atoms with Gasteiger partial charge < -0.3 is 10.3 Å². The molecule has 1 heterocycles. The smallest absolute Gasteiger partial charge is 0.154 e. The molecule has 0 aliphatic heterocycles. The standard InChI is InChI=1S/C13H18N4/c1-3-9-17-10(2)15-16-13(17)12(14)11-7-5-4-6-8-11/h4-8,12H,3,9,14H2,1-2H3/t12-/m1/s1. The van der Waals surface area contributed by atoms with Crippen molar-refractivity contribution in [2.75, 3.05) is 0 Å². The van der Waals surface area contributed by atoms with Crippen LogP contribution in [-0.4, -0.2) is 14.8 Å². The third-order valence-corrected chi connectivity index (χ3v) is 2.85. The normalized spacial score (nSPS) is 12.6. The fourth-order valence-electron chi connectivity index (χ4n) is 1.94. The van der Waals surface area contributed by atoms with Crippen molar-refractivity contribution >= 4 is 0 Å². The van der Waals surface area contributed by atoms with Gasteiger partial charge in [0.05, 0.1) is 6.04 Å². The first-order chi connectivity index (χ1) is 8.24. The number of aromatic nitrogens is 3. The van der Waals surface area contributed by atoms with Crippen molar-refractivity contribution in [3.05, 3.63) is 47.5 Å². The lowest BCUT2D eigenvalue weighted by Gasteiger charge is -2.13. The number of aryl methyl sites for hydroxylation is 1. The Bertz CT molecular complexity index is 475. The molecule has 90 valence electrons. The minimum Gasteiger partial charge on any atom is -0.318 e. The minimum absolute atomic E-state index is 0.205. The van der Waals surface area contributed by atoms with Gasteiger partial charge in [-0.1, -0.05) is 37.3 Å². The number of hydrogen-bond acceptors (Lipinski definition) is 3. The molecule has 0 amide bonds. The van der Waals surface area contributed by atoms with Gasteiger partial charge in [-0.3, -0.25) is 0 Å². The van der Waals surface area contributed by atoms with Crippen molar-refractivity contribution < 1.29 is 0 Å². The summed E-state index contributed by atoms with van der Waals surface area (Å²) in [4.78, 5) is 0.